The van der Waals surface area contributed by atoms with Crippen molar-refractivity contribution < 1.29 is 17.4 Å². The van der Waals surface area contributed by atoms with Gasteiger partial charge < -0.3 is 9.84 Å². The van der Waals surface area contributed by atoms with E-state index in [0.29, 0.717) is 0 Å². The molecule has 0 amide bonds. The summed E-state index contributed by atoms with van der Waals surface area (Å²) in [6.07, 6.45) is -2.33. The van der Waals surface area contributed by atoms with Crippen LogP contribution in [0.3, 0.4) is 0 Å². The average Bonchev–Trinajstić information content (AvgIpc) is 1.82. The molecule has 0 rings (SSSR count). The molecule has 0 aromatic heterocycles. The monoisotopic (exact) mass is 162 g/mol. The fourth-order valence-corrected chi connectivity index (χ4v) is 0.472. The third-order valence-electron chi connectivity index (χ3n) is 0.780. The number of ether oxygens (including phenoxy) is 1. The minimum absolute atomic E-state index is 0.234. The molecule has 0 heterocycles. The Morgan fingerprint density at radius 1 is 1.64 bits per heavy atom. The zero-order chi connectivity index (χ0) is 10.7. The van der Waals surface area contributed by atoms with Crippen LogP contribution in [0.1, 0.15) is 36.3 Å². The minimum atomic E-state index is -2.10. The van der Waals surface area contributed by atoms with E-state index in [9.17, 15) is 4.79 Å². The van der Waals surface area contributed by atoms with Crippen LogP contribution in [0.2, 0.25) is 0 Å². The Morgan fingerprint density at radius 3 is 2.55 bits per heavy atom. The molecule has 0 atom stereocenters. The van der Waals surface area contributed by atoms with Crippen molar-refractivity contribution in [2.24, 2.45) is 0 Å². The smallest absolute Gasteiger partial charge is 0.306 e. The maximum Gasteiger partial charge on any atom is 0.306 e. The van der Waals surface area contributed by atoms with Gasteiger partial charge >= 0.3 is 5.97 Å². The second-order valence-electron chi connectivity index (χ2n) is 3.15. The molecule has 0 aromatic carbocycles. The van der Waals surface area contributed by atoms with Crippen LogP contribution in [0.5, 0.6) is 0 Å². The molecule has 3 heteroatoms. The van der Waals surface area contributed by atoms with E-state index < -0.39 is 17.9 Å². The van der Waals surface area contributed by atoms with E-state index in [-0.39, 0.29) is 13.0 Å². The first-order chi connectivity index (χ1) is 5.69. The number of carbonyl (C=O) groups is 1. The Balaban J connectivity index is 4.25. The molecule has 0 saturated heterocycles. The summed E-state index contributed by atoms with van der Waals surface area (Å²) in [5.41, 5.74) is -0.695. The predicted octanol–water partition coefficient (Wildman–Crippen LogP) is 1.10. The zero-order valence-electron chi connectivity index (χ0n) is 9.18. The standard InChI is InChI=1S/C8H16O3/c1-8(2,3)11-7(10)5-4-6-9/h9H,4-6H2,1-3H3/i5D2. The quantitative estimate of drug-likeness (QED) is 0.632. The molecule has 0 spiro atoms. The van der Waals surface area contributed by atoms with E-state index in [0.717, 1.165) is 0 Å². The summed E-state index contributed by atoms with van der Waals surface area (Å²) in [5, 5.41) is 8.50. The number of esters is 1. The molecule has 0 aliphatic carbocycles. The second-order valence-corrected chi connectivity index (χ2v) is 3.15. The van der Waals surface area contributed by atoms with Crippen molar-refractivity contribution in [2.45, 2.75) is 39.2 Å². The van der Waals surface area contributed by atoms with Gasteiger partial charge in [0.05, 0.1) is 0 Å². The number of hydrogen-bond donors (Lipinski definition) is 1. The van der Waals surface area contributed by atoms with E-state index >= 15 is 0 Å². The summed E-state index contributed by atoms with van der Waals surface area (Å²) in [4.78, 5) is 11.2. The molecule has 0 aromatic rings. The summed E-state index contributed by atoms with van der Waals surface area (Å²) in [6.45, 7) is 4.63. The molecular weight excluding hydrogens is 144 g/mol. The van der Waals surface area contributed by atoms with Gasteiger partial charge in [0, 0.05) is 15.7 Å². The lowest BCUT2D eigenvalue weighted by molar-refractivity contribution is -0.155. The van der Waals surface area contributed by atoms with Gasteiger partial charge in [0.15, 0.2) is 0 Å². The first-order valence-corrected chi connectivity index (χ1v) is 3.53. The van der Waals surface area contributed by atoms with E-state index in [1.807, 2.05) is 0 Å². The number of aliphatic hydroxyl groups is 1. The Labute approximate surface area is 70.2 Å². The molecular formula is C8H16O3. The van der Waals surface area contributed by atoms with Crippen molar-refractivity contribution in [1.29, 1.82) is 0 Å². The van der Waals surface area contributed by atoms with Gasteiger partial charge in [-0.3, -0.25) is 4.79 Å². The lowest BCUT2D eigenvalue weighted by atomic mass is 10.2. The van der Waals surface area contributed by atoms with E-state index in [1.54, 1.807) is 20.8 Å². The van der Waals surface area contributed by atoms with E-state index in [4.69, 9.17) is 12.6 Å². The van der Waals surface area contributed by atoms with Crippen molar-refractivity contribution in [1.82, 2.24) is 0 Å². The predicted molar refractivity (Wildman–Crippen MR) is 42.2 cm³/mol. The lowest BCUT2D eigenvalue weighted by Gasteiger charge is -2.19. The van der Waals surface area contributed by atoms with Gasteiger partial charge in [-0.25, -0.2) is 0 Å². The number of rotatable bonds is 3. The Morgan fingerprint density at radius 2 is 2.18 bits per heavy atom. The van der Waals surface area contributed by atoms with Crippen molar-refractivity contribution >= 4 is 5.97 Å². The van der Waals surface area contributed by atoms with Gasteiger partial charge in [0.1, 0.15) is 5.60 Å². The molecule has 0 bridgehead atoms. The zero-order valence-corrected chi connectivity index (χ0v) is 7.18. The van der Waals surface area contributed by atoms with Gasteiger partial charge in [-0.05, 0) is 27.2 Å². The van der Waals surface area contributed by atoms with Gasteiger partial charge in [0.2, 0.25) is 0 Å². The first-order valence-electron chi connectivity index (χ1n) is 4.53. The highest BCUT2D eigenvalue weighted by atomic mass is 16.6. The summed E-state index contributed by atoms with van der Waals surface area (Å²) in [6, 6.07) is 0. The molecule has 0 aliphatic heterocycles. The van der Waals surface area contributed by atoms with Crippen LogP contribution in [-0.2, 0) is 9.53 Å². The van der Waals surface area contributed by atoms with Gasteiger partial charge in [-0.15, -0.1) is 0 Å². The summed E-state index contributed by atoms with van der Waals surface area (Å²) < 4.78 is 19.3. The van der Waals surface area contributed by atoms with Gasteiger partial charge in [-0.1, -0.05) is 0 Å². The molecule has 3 nitrogen and oxygen atoms in total. The van der Waals surface area contributed by atoms with Crippen LogP contribution < -0.4 is 0 Å². The maximum absolute atomic E-state index is 11.2. The number of carbonyl (C=O) groups excluding carboxylic acids is 1. The van der Waals surface area contributed by atoms with Crippen LogP contribution >= 0.6 is 0 Å². The van der Waals surface area contributed by atoms with Crippen molar-refractivity contribution in [3.05, 3.63) is 0 Å². The van der Waals surface area contributed by atoms with Crippen LogP contribution in [-0.4, -0.2) is 23.3 Å². The van der Waals surface area contributed by atoms with Crippen LogP contribution in [0.15, 0.2) is 0 Å². The fraction of sp³-hybridized carbons (Fsp3) is 0.875. The van der Waals surface area contributed by atoms with E-state index in [1.165, 1.54) is 0 Å². The highest BCUT2D eigenvalue weighted by Gasteiger charge is 2.15. The third-order valence-corrected chi connectivity index (χ3v) is 0.780. The molecule has 0 saturated carbocycles. The fourth-order valence-electron chi connectivity index (χ4n) is 0.472. The molecule has 0 radical (unpaired) electrons. The lowest BCUT2D eigenvalue weighted by Crippen LogP contribution is -2.23. The van der Waals surface area contributed by atoms with Crippen LogP contribution in [0, 0.1) is 0 Å². The third kappa shape index (κ3) is 7.33. The Hall–Kier alpha value is -0.570. The average molecular weight is 162 g/mol. The topological polar surface area (TPSA) is 46.5 Å². The normalized spacial score (nSPS) is 15.3. The largest absolute Gasteiger partial charge is 0.460 e. The molecule has 11 heavy (non-hydrogen) atoms. The summed E-state index contributed by atoms with van der Waals surface area (Å²) in [5.74, 6) is -0.922. The molecule has 66 valence electrons. The SMILES string of the molecule is [2H]C([2H])(CCO)C(=O)OC(C)(C)C. The molecule has 0 fully saturated rings. The minimum Gasteiger partial charge on any atom is -0.460 e. The number of hydrogen-bond acceptors (Lipinski definition) is 3. The molecule has 0 aliphatic rings. The van der Waals surface area contributed by atoms with Crippen LogP contribution in [0.4, 0.5) is 0 Å². The van der Waals surface area contributed by atoms with Gasteiger partial charge in [-0.2, -0.15) is 0 Å². The van der Waals surface area contributed by atoms with Crippen molar-refractivity contribution in [3.8, 4) is 0 Å². The van der Waals surface area contributed by atoms with Crippen LogP contribution in [0.25, 0.3) is 0 Å². The Kier molecular flexibility index (Phi) is 2.80. The molecule has 0 unspecified atom stereocenters. The molecule has 1 N–H and O–H groups in total. The summed E-state index contributed by atoms with van der Waals surface area (Å²) in [7, 11) is 0. The van der Waals surface area contributed by atoms with E-state index in [2.05, 4.69) is 0 Å². The van der Waals surface area contributed by atoms with Gasteiger partial charge in [0.25, 0.3) is 0 Å². The first kappa shape index (κ1) is 7.10. The van der Waals surface area contributed by atoms with Crippen molar-refractivity contribution in [3.63, 3.8) is 0 Å². The van der Waals surface area contributed by atoms with Crippen molar-refractivity contribution in [2.75, 3.05) is 6.61 Å². The summed E-state index contributed by atoms with van der Waals surface area (Å²) >= 11 is 0. The highest BCUT2D eigenvalue weighted by Crippen LogP contribution is 2.08. The maximum atomic E-state index is 11.2. The highest BCUT2D eigenvalue weighted by molar-refractivity contribution is 5.69. The second kappa shape index (κ2) is 4.34. The Bertz CT molecular complexity index is 184. The number of aliphatic hydroxyl groups excluding tert-OH is 1.